The monoisotopic (exact) mass is 378 g/mol. The van der Waals surface area contributed by atoms with Gasteiger partial charge in [-0.2, -0.15) is 10.4 Å². The topological polar surface area (TPSA) is 85.2 Å². The van der Waals surface area contributed by atoms with Gasteiger partial charge in [-0.05, 0) is 35.9 Å². The van der Waals surface area contributed by atoms with Crippen molar-refractivity contribution in [3.8, 4) is 28.8 Å². The molecule has 2 N–H and O–H groups in total. The molecule has 1 aliphatic heterocycles. The lowest BCUT2D eigenvalue weighted by Crippen LogP contribution is -2.60. The van der Waals surface area contributed by atoms with Crippen LogP contribution >= 0.6 is 0 Å². The molecule has 0 spiro atoms. The Balaban J connectivity index is 1.49. The number of nitrogens with one attached hydrogen (secondary N) is 1. The van der Waals surface area contributed by atoms with Crippen molar-refractivity contribution in [1.82, 2.24) is 15.1 Å². The van der Waals surface area contributed by atoms with Gasteiger partial charge in [-0.25, -0.2) is 4.39 Å². The average molecular weight is 378 g/mol. The van der Waals surface area contributed by atoms with Crippen LogP contribution in [0.5, 0.6) is 11.5 Å². The second-order valence-corrected chi connectivity index (χ2v) is 6.99. The van der Waals surface area contributed by atoms with E-state index in [0.29, 0.717) is 29.3 Å². The number of nitrogens with zero attached hydrogens (tertiary/aromatic N) is 3. The predicted molar refractivity (Wildman–Crippen MR) is 101 cm³/mol. The van der Waals surface area contributed by atoms with Gasteiger partial charge in [0.15, 0.2) is 11.4 Å². The third-order valence-electron chi connectivity index (χ3n) is 4.72. The summed E-state index contributed by atoms with van der Waals surface area (Å²) in [5.41, 5.74) is 1.69. The second kappa shape index (κ2) is 7.43. The van der Waals surface area contributed by atoms with Crippen LogP contribution in [0.3, 0.4) is 0 Å². The molecular weight excluding hydrogens is 359 g/mol. The van der Waals surface area contributed by atoms with E-state index in [-0.39, 0.29) is 13.1 Å². The third kappa shape index (κ3) is 3.74. The Kier molecular flexibility index (Phi) is 4.82. The Labute approximate surface area is 161 Å². The predicted octanol–water partition coefficient (Wildman–Crippen LogP) is 3.26. The number of ether oxygens (including phenoxy) is 1. The molecular formula is C21H19FN4O2. The molecule has 0 amide bonds. The van der Waals surface area contributed by atoms with Crippen molar-refractivity contribution >= 4 is 0 Å². The molecule has 1 fully saturated rings. The largest absolute Gasteiger partial charge is 0.453 e. The molecule has 28 heavy (non-hydrogen) atoms. The number of benzene rings is 2. The minimum atomic E-state index is -1.47. The van der Waals surface area contributed by atoms with Crippen molar-refractivity contribution < 1.29 is 14.2 Å². The van der Waals surface area contributed by atoms with Gasteiger partial charge in [0.05, 0.1) is 24.4 Å². The second-order valence-electron chi connectivity index (χ2n) is 6.99. The Morgan fingerprint density at radius 1 is 1.25 bits per heavy atom. The number of likely N-dealkylation sites (tertiary alicyclic amines) is 1. The summed E-state index contributed by atoms with van der Waals surface area (Å²) in [6, 6.07) is 16.8. The summed E-state index contributed by atoms with van der Waals surface area (Å²) in [4.78, 5) is 1.95. The molecule has 7 heteroatoms. The Morgan fingerprint density at radius 3 is 2.75 bits per heavy atom. The fourth-order valence-corrected chi connectivity index (χ4v) is 3.33. The number of hydrogen-bond acceptors (Lipinski definition) is 5. The van der Waals surface area contributed by atoms with Gasteiger partial charge in [-0.1, -0.05) is 18.2 Å². The summed E-state index contributed by atoms with van der Waals surface area (Å²) in [5.74, 6) is 1.19. The van der Waals surface area contributed by atoms with Crippen LogP contribution in [0.1, 0.15) is 11.1 Å². The number of nitriles is 1. The van der Waals surface area contributed by atoms with Crippen LogP contribution in [0.2, 0.25) is 0 Å². The fourth-order valence-electron chi connectivity index (χ4n) is 3.33. The van der Waals surface area contributed by atoms with Crippen LogP contribution < -0.4 is 4.74 Å². The number of rotatable bonds is 6. The molecule has 0 atom stereocenters. The summed E-state index contributed by atoms with van der Waals surface area (Å²) < 4.78 is 19.8. The standard InChI is InChI=1S/C21H19FN4O2/c22-21(14-27)12-26(13-21)11-16-2-1-3-17(8-16)20-19(10-24-25-20)28-18-6-4-15(9-23)5-7-18/h1-8,10,27H,11-14H2,(H,24,25). The van der Waals surface area contributed by atoms with Crippen LogP contribution in [0.4, 0.5) is 4.39 Å². The zero-order valence-electron chi connectivity index (χ0n) is 15.1. The zero-order chi connectivity index (χ0) is 19.6. The minimum Gasteiger partial charge on any atom is -0.453 e. The van der Waals surface area contributed by atoms with Gasteiger partial charge in [-0.15, -0.1) is 0 Å². The van der Waals surface area contributed by atoms with Crippen molar-refractivity contribution in [2.45, 2.75) is 12.2 Å². The SMILES string of the molecule is N#Cc1ccc(Oc2c[nH]nc2-c2cccc(CN3CC(F)(CO)C3)c2)cc1. The maximum absolute atomic E-state index is 13.9. The van der Waals surface area contributed by atoms with Crippen LogP contribution in [-0.4, -0.2) is 45.6 Å². The number of aliphatic hydroxyl groups is 1. The van der Waals surface area contributed by atoms with Crippen molar-refractivity contribution in [2.24, 2.45) is 0 Å². The quantitative estimate of drug-likeness (QED) is 0.688. The molecule has 0 unspecified atom stereocenters. The molecule has 142 valence electrons. The van der Waals surface area contributed by atoms with Crippen LogP contribution in [0, 0.1) is 11.3 Å². The molecule has 2 heterocycles. The van der Waals surface area contributed by atoms with Crippen molar-refractivity contribution in [2.75, 3.05) is 19.7 Å². The van der Waals surface area contributed by atoms with Gasteiger partial charge in [-0.3, -0.25) is 10.00 Å². The van der Waals surface area contributed by atoms with Gasteiger partial charge >= 0.3 is 0 Å². The number of aromatic amines is 1. The lowest BCUT2D eigenvalue weighted by atomic mass is 9.96. The van der Waals surface area contributed by atoms with Gasteiger partial charge in [0.1, 0.15) is 11.4 Å². The fraction of sp³-hybridized carbons (Fsp3) is 0.238. The molecule has 3 aromatic rings. The lowest BCUT2D eigenvalue weighted by Gasteiger charge is -2.43. The molecule has 6 nitrogen and oxygen atoms in total. The van der Waals surface area contributed by atoms with Gasteiger partial charge in [0.25, 0.3) is 0 Å². The van der Waals surface area contributed by atoms with E-state index in [0.717, 1.165) is 11.1 Å². The number of halogens is 1. The van der Waals surface area contributed by atoms with E-state index in [9.17, 15) is 4.39 Å². The number of hydrogen-bond donors (Lipinski definition) is 2. The lowest BCUT2D eigenvalue weighted by molar-refractivity contribution is -0.0706. The maximum atomic E-state index is 13.9. The molecule has 0 bridgehead atoms. The molecule has 1 aromatic heterocycles. The third-order valence-corrected chi connectivity index (χ3v) is 4.72. The summed E-state index contributed by atoms with van der Waals surface area (Å²) in [7, 11) is 0. The molecule has 0 aliphatic carbocycles. The van der Waals surface area contributed by atoms with Gasteiger partial charge in [0, 0.05) is 25.2 Å². The highest BCUT2D eigenvalue weighted by Gasteiger charge is 2.42. The first-order valence-electron chi connectivity index (χ1n) is 8.92. The first kappa shape index (κ1) is 18.2. The molecule has 1 aliphatic rings. The van der Waals surface area contributed by atoms with Gasteiger partial charge < -0.3 is 9.84 Å². The van der Waals surface area contributed by atoms with E-state index in [4.69, 9.17) is 15.1 Å². The summed E-state index contributed by atoms with van der Waals surface area (Å²) in [6.45, 7) is 0.648. The van der Waals surface area contributed by atoms with Crippen LogP contribution in [0.25, 0.3) is 11.3 Å². The van der Waals surface area contributed by atoms with Crippen molar-refractivity contribution in [1.29, 1.82) is 5.26 Å². The molecule has 0 radical (unpaired) electrons. The zero-order valence-corrected chi connectivity index (χ0v) is 15.1. The molecule has 2 aromatic carbocycles. The normalized spacial score (nSPS) is 15.6. The summed E-state index contributed by atoms with van der Waals surface area (Å²) >= 11 is 0. The number of aliphatic hydroxyl groups excluding tert-OH is 1. The highest BCUT2D eigenvalue weighted by atomic mass is 19.1. The van der Waals surface area contributed by atoms with E-state index in [1.165, 1.54) is 0 Å². The van der Waals surface area contributed by atoms with Crippen molar-refractivity contribution in [3.63, 3.8) is 0 Å². The average Bonchev–Trinajstić information content (AvgIpc) is 3.15. The molecule has 4 rings (SSSR count). The minimum absolute atomic E-state index is 0.239. The van der Waals surface area contributed by atoms with Crippen molar-refractivity contribution in [3.05, 3.63) is 65.9 Å². The summed E-state index contributed by atoms with van der Waals surface area (Å²) in [6.07, 6.45) is 1.67. The maximum Gasteiger partial charge on any atom is 0.173 e. The highest BCUT2D eigenvalue weighted by molar-refractivity contribution is 5.67. The highest BCUT2D eigenvalue weighted by Crippen LogP contribution is 2.33. The molecule has 0 saturated carbocycles. The van der Waals surface area contributed by atoms with E-state index >= 15 is 0 Å². The number of alkyl halides is 1. The Bertz CT molecular complexity index is 1000. The van der Waals surface area contributed by atoms with Gasteiger partial charge in [0.2, 0.25) is 0 Å². The van der Waals surface area contributed by atoms with E-state index < -0.39 is 12.3 Å². The first-order valence-corrected chi connectivity index (χ1v) is 8.92. The number of aromatic nitrogens is 2. The van der Waals surface area contributed by atoms with Crippen LogP contribution in [-0.2, 0) is 6.54 Å². The van der Waals surface area contributed by atoms with E-state index in [2.05, 4.69) is 16.3 Å². The first-order chi connectivity index (χ1) is 13.6. The number of H-pyrrole nitrogens is 1. The van der Waals surface area contributed by atoms with E-state index in [1.54, 1.807) is 30.5 Å². The molecule has 1 saturated heterocycles. The smallest absolute Gasteiger partial charge is 0.173 e. The Hall–Kier alpha value is -3.21. The Morgan fingerprint density at radius 2 is 2.04 bits per heavy atom. The van der Waals surface area contributed by atoms with Crippen LogP contribution in [0.15, 0.2) is 54.7 Å². The summed E-state index contributed by atoms with van der Waals surface area (Å²) in [5, 5.41) is 25.0. The van der Waals surface area contributed by atoms with E-state index in [1.807, 2.05) is 29.2 Å².